The molecule has 3 aromatic rings. The highest BCUT2D eigenvalue weighted by molar-refractivity contribution is 5.82. The molecule has 2 aliphatic heterocycles. The minimum absolute atomic E-state index is 0.287. The third-order valence-electron chi connectivity index (χ3n) is 8.26. The van der Waals surface area contributed by atoms with Gasteiger partial charge in [0.1, 0.15) is 0 Å². The Labute approximate surface area is 207 Å². The monoisotopic (exact) mass is 472 g/mol. The van der Waals surface area contributed by atoms with E-state index < -0.39 is 0 Å². The number of likely N-dealkylation sites (N-methyl/N-ethyl adjacent to an activating group) is 1. The molecule has 7 heteroatoms. The molecular weight excluding hydrogens is 436 g/mol. The molecule has 184 valence electrons. The van der Waals surface area contributed by atoms with Gasteiger partial charge in [-0.15, -0.1) is 0 Å². The lowest BCUT2D eigenvalue weighted by molar-refractivity contribution is -0.138. The maximum atomic E-state index is 12.6. The molecule has 6 rings (SSSR count). The highest BCUT2D eigenvalue weighted by Crippen LogP contribution is 2.31. The first kappa shape index (κ1) is 22.4. The van der Waals surface area contributed by atoms with Crippen molar-refractivity contribution in [2.24, 2.45) is 5.92 Å². The lowest BCUT2D eigenvalue weighted by Gasteiger charge is -2.39. The molecule has 0 radical (unpaired) electrons. The molecule has 0 spiro atoms. The maximum absolute atomic E-state index is 12.6. The standard InChI is InChI=1S/C28H36N6O/c1-2-30-12-14-31(15-13-30)25-8-6-22(7-9-25)24-20-27-26(10-11-29-34(27)21-24)32-16-18-33(19-17-32)28(35)23-4-3-5-23/h6-11,20-21,23H,2-5,12-19H2,1H3. The number of aromatic nitrogens is 2. The van der Waals surface area contributed by atoms with Gasteiger partial charge in [-0.25, -0.2) is 4.52 Å². The number of carbonyl (C=O) groups is 1. The van der Waals surface area contributed by atoms with Crippen LogP contribution < -0.4 is 9.80 Å². The third kappa shape index (κ3) is 4.38. The van der Waals surface area contributed by atoms with Crippen molar-refractivity contribution in [2.45, 2.75) is 26.2 Å². The van der Waals surface area contributed by atoms with Crippen molar-refractivity contribution >= 4 is 22.8 Å². The van der Waals surface area contributed by atoms with E-state index in [1.165, 1.54) is 28.9 Å². The van der Waals surface area contributed by atoms with E-state index in [0.29, 0.717) is 5.91 Å². The highest BCUT2D eigenvalue weighted by Gasteiger charge is 2.31. The number of anilines is 2. The lowest BCUT2D eigenvalue weighted by Crippen LogP contribution is -2.51. The fraction of sp³-hybridized carbons (Fsp3) is 0.500. The summed E-state index contributed by atoms with van der Waals surface area (Å²) in [6.45, 7) is 11.2. The number of hydrogen-bond donors (Lipinski definition) is 0. The normalized spacial score (nSPS) is 19.9. The Morgan fingerprint density at radius 1 is 0.886 bits per heavy atom. The van der Waals surface area contributed by atoms with Crippen molar-refractivity contribution in [1.29, 1.82) is 0 Å². The number of hydrogen-bond acceptors (Lipinski definition) is 5. The van der Waals surface area contributed by atoms with Crippen LogP contribution in [0, 0.1) is 5.92 Å². The van der Waals surface area contributed by atoms with Crippen molar-refractivity contribution in [3.63, 3.8) is 0 Å². The zero-order chi connectivity index (χ0) is 23.8. The summed E-state index contributed by atoms with van der Waals surface area (Å²) < 4.78 is 1.99. The summed E-state index contributed by atoms with van der Waals surface area (Å²) in [6, 6.07) is 13.4. The van der Waals surface area contributed by atoms with Crippen molar-refractivity contribution < 1.29 is 4.79 Å². The summed E-state index contributed by atoms with van der Waals surface area (Å²) in [5, 5.41) is 4.59. The molecule has 3 fully saturated rings. The number of fused-ring (bicyclic) bond motifs is 1. The van der Waals surface area contributed by atoms with E-state index >= 15 is 0 Å². The minimum Gasteiger partial charge on any atom is -0.369 e. The SMILES string of the molecule is CCN1CCN(c2ccc(-c3cc4c(N5CCN(C(=O)C6CCC6)CC5)ccnn4c3)cc2)CC1. The van der Waals surface area contributed by atoms with Gasteiger partial charge in [0.05, 0.1) is 11.2 Å². The van der Waals surface area contributed by atoms with Crippen LogP contribution in [0.25, 0.3) is 16.6 Å². The number of benzene rings is 1. The highest BCUT2D eigenvalue weighted by atomic mass is 16.2. The number of amides is 1. The second-order valence-electron chi connectivity index (χ2n) is 10.2. The molecule has 2 aromatic heterocycles. The Morgan fingerprint density at radius 2 is 1.60 bits per heavy atom. The average Bonchev–Trinajstić information content (AvgIpc) is 3.33. The predicted octanol–water partition coefficient (Wildman–Crippen LogP) is 3.59. The zero-order valence-corrected chi connectivity index (χ0v) is 20.8. The van der Waals surface area contributed by atoms with E-state index in [0.717, 1.165) is 77.3 Å². The molecule has 1 aliphatic carbocycles. The van der Waals surface area contributed by atoms with E-state index in [4.69, 9.17) is 0 Å². The average molecular weight is 473 g/mol. The van der Waals surface area contributed by atoms with Crippen LogP contribution in [0.1, 0.15) is 26.2 Å². The first-order chi connectivity index (χ1) is 17.2. The molecule has 0 unspecified atom stereocenters. The van der Waals surface area contributed by atoms with E-state index in [1.807, 2.05) is 10.7 Å². The van der Waals surface area contributed by atoms with Crippen LogP contribution in [0.15, 0.2) is 48.8 Å². The van der Waals surface area contributed by atoms with Gasteiger partial charge in [0.2, 0.25) is 5.91 Å². The molecule has 1 aromatic carbocycles. The molecule has 35 heavy (non-hydrogen) atoms. The van der Waals surface area contributed by atoms with Crippen molar-refractivity contribution in [1.82, 2.24) is 19.4 Å². The number of carbonyl (C=O) groups excluding carboxylic acids is 1. The Kier molecular flexibility index (Phi) is 6.10. The summed E-state index contributed by atoms with van der Waals surface area (Å²) in [5.41, 5.74) is 6.04. The second kappa shape index (κ2) is 9.53. The fourth-order valence-corrected chi connectivity index (χ4v) is 5.69. The topological polar surface area (TPSA) is 47.3 Å². The van der Waals surface area contributed by atoms with Gasteiger partial charge >= 0.3 is 0 Å². The molecule has 4 heterocycles. The van der Waals surface area contributed by atoms with Crippen molar-refractivity contribution in [3.05, 3.63) is 48.8 Å². The molecule has 1 saturated carbocycles. The fourth-order valence-electron chi connectivity index (χ4n) is 5.69. The summed E-state index contributed by atoms with van der Waals surface area (Å²) in [6.07, 6.45) is 7.38. The van der Waals surface area contributed by atoms with Crippen LogP contribution >= 0.6 is 0 Å². The molecule has 0 bridgehead atoms. The van der Waals surface area contributed by atoms with Crippen molar-refractivity contribution in [3.8, 4) is 11.1 Å². The Hall–Kier alpha value is -3.06. The van der Waals surface area contributed by atoms with Crippen LogP contribution in [0.3, 0.4) is 0 Å². The van der Waals surface area contributed by atoms with Crippen LogP contribution in [0.4, 0.5) is 11.4 Å². The summed E-state index contributed by atoms with van der Waals surface area (Å²) in [5.74, 6) is 0.658. The van der Waals surface area contributed by atoms with Gasteiger partial charge < -0.3 is 19.6 Å². The van der Waals surface area contributed by atoms with Gasteiger partial charge in [-0.3, -0.25) is 4.79 Å². The molecular formula is C28H36N6O. The first-order valence-electron chi connectivity index (χ1n) is 13.3. The summed E-state index contributed by atoms with van der Waals surface area (Å²) >= 11 is 0. The Morgan fingerprint density at radius 3 is 2.26 bits per heavy atom. The Balaban J connectivity index is 1.16. The molecule has 0 N–H and O–H groups in total. The quantitative estimate of drug-likeness (QED) is 0.568. The van der Waals surface area contributed by atoms with Gasteiger partial charge in [0, 0.05) is 81.9 Å². The van der Waals surface area contributed by atoms with E-state index in [2.05, 4.69) is 74.2 Å². The van der Waals surface area contributed by atoms with Gasteiger partial charge in [-0.05, 0) is 49.2 Å². The summed E-state index contributed by atoms with van der Waals surface area (Å²) in [7, 11) is 0. The Bertz CT molecular complexity index is 1170. The van der Waals surface area contributed by atoms with Gasteiger partial charge in [0.25, 0.3) is 0 Å². The van der Waals surface area contributed by atoms with Crippen LogP contribution in [-0.2, 0) is 4.79 Å². The molecule has 7 nitrogen and oxygen atoms in total. The van der Waals surface area contributed by atoms with Crippen LogP contribution in [0.5, 0.6) is 0 Å². The lowest BCUT2D eigenvalue weighted by atomic mass is 9.84. The van der Waals surface area contributed by atoms with Gasteiger partial charge in [-0.2, -0.15) is 5.10 Å². The van der Waals surface area contributed by atoms with Gasteiger partial charge in [0.15, 0.2) is 0 Å². The zero-order valence-electron chi connectivity index (χ0n) is 20.8. The molecule has 0 atom stereocenters. The second-order valence-corrected chi connectivity index (χ2v) is 10.2. The van der Waals surface area contributed by atoms with Crippen molar-refractivity contribution in [2.75, 3.05) is 68.7 Å². The van der Waals surface area contributed by atoms with E-state index in [-0.39, 0.29) is 5.92 Å². The molecule has 1 amide bonds. The van der Waals surface area contributed by atoms with E-state index in [9.17, 15) is 4.79 Å². The number of piperazine rings is 2. The molecule has 2 saturated heterocycles. The first-order valence-corrected chi connectivity index (χ1v) is 13.3. The third-order valence-corrected chi connectivity index (χ3v) is 8.26. The number of rotatable bonds is 5. The smallest absolute Gasteiger partial charge is 0.225 e. The minimum atomic E-state index is 0.287. The molecule has 3 aliphatic rings. The maximum Gasteiger partial charge on any atom is 0.225 e. The van der Waals surface area contributed by atoms with Crippen LogP contribution in [0.2, 0.25) is 0 Å². The predicted molar refractivity (Wildman–Crippen MR) is 141 cm³/mol. The van der Waals surface area contributed by atoms with E-state index in [1.54, 1.807) is 0 Å². The largest absolute Gasteiger partial charge is 0.369 e. The van der Waals surface area contributed by atoms with Gasteiger partial charge in [-0.1, -0.05) is 25.5 Å². The summed E-state index contributed by atoms with van der Waals surface area (Å²) in [4.78, 5) is 22.1. The van der Waals surface area contributed by atoms with Crippen LogP contribution in [-0.4, -0.2) is 84.2 Å². The number of nitrogens with zero attached hydrogens (tertiary/aromatic N) is 6.